The molecule has 0 aliphatic carbocycles. The van der Waals surface area contributed by atoms with Crippen LogP contribution in [-0.2, 0) is 21.4 Å². The molecule has 0 saturated carbocycles. The summed E-state index contributed by atoms with van der Waals surface area (Å²) in [5.41, 5.74) is 1.33. The molecule has 0 spiro atoms. The standard InChI is InChI=1S/C24H28F2N2O5S/c1-2-32-22-16-18(8-12-21(22)33-24(25)26)9-13-23(29)27-17-19-6-10-20(11-7-19)34(30,31)28-14-4-3-5-15-28/h6-13,16,24H,2-5,14-15,17H2,1H3,(H,27,29)/b13-9+. The van der Waals surface area contributed by atoms with Crippen LogP contribution in [0.15, 0.2) is 53.4 Å². The zero-order chi connectivity index (χ0) is 24.6. The quantitative estimate of drug-likeness (QED) is 0.501. The van der Waals surface area contributed by atoms with Crippen molar-refractivity contribution in [2.45, 2.75) is 44.2 Å². The van der Waals surface area contributed by atoms with E-state index in [4.69, 9.17) is 4.74 Å². The van der Waals surface area contributed by atoms with Gasteiger partial charge in [-0.2, -0.15) is 13.1 Å². The largest absolute Gasteiger partial charge is 0.490 e. The number of amides is 1. The number of rotatable bonds is 10. The maximum Gasteiger partial charge on any atom is 0.387 e. The van der Waals surface area contributed by atoms with E-state index in [1.54, 1.807) is 31.2 Å². The van der Waals surface area contributed by atoms with E-state index in [0.29, 0.717) is 18.7 Å². The SMILES string of the molecule is CCOc1cc(/C=C/C(=O)NCc2ccc(S(=O)(=O)N3CCCCC3)cc2)ccc1OC(F)F. The zero-order valence-corrected chi connectivity index (χ0v) is 19.7. The van der Waals surface area contributed by atoms with Gasteiger partial charge in [-0.15, -0.1) is 0 Å². The van der Waals surface area contributed by atoms with Crippen LogP contribution >= 0.6 is 0 Å². The number of hydrogen-bond donors (Lipinski definition) is 1. The maximum absolute atomic E-state index is 12.7. The number of alkyl halides is 2. The summed E-state index contributed by atoms with van der Waals surface area (Å²) >= 11 is 0. The Bertz CT molecular complexity index is 1100. The number of piperidine rings is 1. The number of nitrogens with zero attached hydrogens (tertiary/aromatic N) is 1. The van der Waals surface area contributed by atoms with Gasteiger partial charge in [-0.05, 0) is 61.2 Å². The Balaban J connectivity index is 1.57. The molecule has 1 heterocycles. The smallest absolute Gasteiger partial charge is 0.387 e. The predicted molar refractivity (Wildman–Crippen MR) is 124 cm³/mol. The molecule has 1 aliphatic heterocycles. The van der Waals surface area contributed by atoms with Crippen molar-refractivity contribution in [2.75, 3.05) is 19.7 Å². The van der Waals surface area contributed by atoms with Gasteiger partial charge in [0.25, 0.3) is 0 Å². The Kier molecular flexibility index (Phi) is 9.00. The van der Waals surface area contributed by atoms with Crippen LogP contribution in [0, 0.1) is 0 Å². The van der Waals surface area contributed by atoms with Crippen molar-refractivity contribution in [3.63, 3.8) is 0 Å². The average molecular weight is 495 g/mol. The lowest BCUT2D eigenvalue weighted by molar-refractivity contribution is -0.116. The molecule has 1 amide bonds. The molecule has 10 heteroatoms. The average Bonchev–Trinajstić information content (AvgIpc) is 2.83. The molecule has 184 valence electrons. The Hall–Kier alpha value is -2.98. The molecule has 2 aromatic rings. The van der Waals surface area contributed by atoms with Gasteiger partial charge < -0.3 is 14.8 Å². The lowest BCUT2D eigenvalue weighted by Gasteiger charge is -2.25. The lowest BCUT2D eigenvalue weighted by atomic mass is 10.2. The van der Waals surface area contributed by atoms with Gasteiger partial charge in [-0.3, -0.25) is 4.79 Å². The highest BCUT2D eigenvalue weighted by Crippen LogP contribution is 2.30. The Morgan fingerprint density at radius 3 is 2.44 bits per heavy atom. The second-order valence-electron chi connectivity index (χ2n) is 7.68. The Labute approximate surface area is 198 Å². The fourth-order valence-electron chi connectivity index (χ4n) is 3.54. The van der Waals surface area contributed by atoms with Crippen LogP contribution in [0.25, 0.3) is 6.08 Å². The van der Waals surface area contributed by atoms with Crippen LogP contribution in [0.3, 0.4) is 0 Å². The van der Waals surface area contributed by atoms with Gasteiger partial charge in [0.2, 0.25) is 15.9 Å². The van der Waals surface area contributed by atoms with Crippen LogP contribution in [-0.4, -0.2) is 44.9 Å². The van der Waals surface area contributed by atoms with E-state index in [-0.39, 0.29) is 35.5 Å². The van der Waals surface area contributed by atoms with Gasteiger partial charge in [0, 0.05) is 25.7 Å². The van der Waals surface area contributed by atoms with Crippen LogP contribution in [0.2, 0.25) is 0 Å². The molecule has 1 aliphatic rings. The fraction of sp³-hybridized carbons (Fsp3) is 0.375. The number of carbonyl (C=O) groups is 1. The van der Waals surface area contributed by atoms with E-state index >= 15 is 0 Å². The van der Waals surface area contributed by atoms with Crippen LogP contribution < -0.4 is 14.8 Å². The first-order valence-corrected chi connectivity index (χ1v) is 12.5. The van der Waals surface area contributed by atoms with E-state index < -0.39 is 16.6 Å². The zero-order valence-electron chi connectivity index (χ0n) is 18.9. The summed E-state index contributed by atoms with van der Waals surface area (Å²) < 4.78 is 61.7. The third-order valence-electron chi connectivity index (χ3n) is 5.25. The van der Waals surface area contributed by atoms with E-state index in [1.165, 1.54) is 34.7 Å². The summed E-state index contributed by atoms with van der Waals surface area (Å²) in [6, 6.07) is 10.9. The van der Waals surface area contributed by atoms with Crippen LogP contribution in [0.1, 0.15) is 37.3 Å². The summed E-state index contributed by atoms with van der Waals surface area (Å²) in [5, 5.41) is 2.73. The lowest BCUT2D eigenvalue weighted by Crippen LogP contribution is -2.35. The Morgan fingerprint density at radius 2 is 1.79 bits per heavy atom. The molecule has 0 aromatic heterocycles. The monoisotopic (exact) mass is 494 g/mol. The first-order chi connectivity index (χ1) is 16.3. The summed E-state index contributed by atoms with van der Waals surface area (Å²) in [7, 11) is -3.49. The van der Waals surface area contributed by atoms with Crippen LogP contribution in [0.4, 0.5) is 8.78 Å². The van der Waals surface area contributed by atoms with E-state index in [1.807, 2.05) is 0 Å². The highest BCUT2D eigenvalue weighted by atomic mass is 32.2. The minimum atomic E-state index is -3.49. The molecule has 3 rings (SSSR count). The van der Waals surface area contributed by atoms with Gasteiger partial charge in [0.15, 0.2) is 11.5 Å². The van der Waals surface area contributed by atoms with Crippen molar-refractivity contribution in [1.29, 1.82) is 0 Å². The summed E-state index contributed by atoms with van der Waals surface area (Å²) in [6.45, 7) is 0.327. The third kappa shape index (κ3) is 7.01. The molecule has 34 heavy (non-hydrogen) atoms. The normalized spacial score (nSPS) is 14.9. The highest BCUT2D eigenvalue weighted by Gasteiger charge is 2.25. The predicted octanol–water partition coefficient (Wildman–Crippen LogP) is 4.19. The van der Waals surface area contributed by atoms with Gasteiger partial charge in [0.05, 0.1) is 11.5 Å². The molecule has 2 aromatic carbocycles. The molecular weight excluding hydrogens is 466 g/mol. The number of ether oxygens (including phenoxy) is 2. The number of carbonyl (C=O) groups excluding carboxylic acids is 1. The number of hydrogen-bond acceptors (Lipinski definition) is 5. The van der Waals surface area contributed by atoms with Crippen molar-refractivity contribution in [3.05, 3.63) is 59.7 Å². The molecule has 7 nitrogen and oxygen atoms in total. The first kappa shape index (κ1) is 25.6. The number of benzene rings is 2. The summed E-state index contributed by atoms with van der Waals surface area (Å²) in [6.07, 6.45) is 5.63. The number of nitrogens with one attached hydrogen (secondary N) is 1. The van der Waals surface area contributed by atoms with Gasteiger partial charge in [0.1, 0.15) is 0 Å². The van der Waals surface area contributed by atoms with Crippen molar-refractivity contribution in [3.8, 4) is 11.5 Å². The van der Waals surface area contributed by atoms with E-state index in [9.17, 15) is 22.0 Å². The van der Waals surface area contributed by atoms with Gasteiger partial charge in [-0.1, -0.05) is 24.6 Å². The first-order valence-electron chi connectivity index (χ1n) is 11.1. The number of halogens is 2. The molecule has 0 bridgehead atoms. The molecule has 0 unspecified atom stereocenters. The van der Waals surface area contributed by atoms with Crippen molar-refractivity contribution >= 4 is 22.0 Å². The van der Waals surface area contributed by atoms with Gasteiger partial charge >= 0.3 is 6.61 Å². The molecule has 0 radical (unpaired) electrons. The third-order valence-corrected chi connectivity index (χ3v) is 7.17. The minimum absolute atomic E-state index is 0.0794. The maximum atomic E-state index is 12.7. The summed E-state index contributed by atoms with van der Waals surface area (Å²) in [5.74, 6) is -0.287. The summed E-state index contributed by atoms with van der Waals surface area (Å²) in [4.78, 5) is 12.4. The van der Waals surface area contributed by atoms with Crippen molar-refractivity contribution < 1.29 is 31.5 Å². The molecule has 1 fully saturated rings. The molecule has 1 saturated heterocycles. The van der Waals surface area contributed by atoms with Crippen LogP contribution in [0.5, 0.6) is 11.5 Å². The van der Waals surface area contributed by atoms with Gasteiger partial charge in [-0.25, -0.2) is 8.42 Å². The Morgan fingerprint density at radius 1 is 1.09 bits per heavy atom. The van der Waals surface area contributed by atoms with E-state index in [2.05, 4.69) is 10.1 Å². The van der Waals surface area contributed by atoms with Crippen molar-refractivity contribution in [2.24, 2.45) is 0 Å². The topological polar surface area (TPSA) is 84.9 Å². The minimum Gasteiger partial charge on any atom is -0.490 e. The second-order valence-corrected chi connectivity index (χ2v) is 9.62. The van der Waals surface area contributed by atoms with Crippen molar-refractivity contribution in [1.82, 2.24) is 9.62 Å². The second kappa shape index (κ2) is 11.9. The fourth-order valence-corrected chi connectivity index (χ4v) is 5.06. The number of sulfonamides is 1. The highest BCUT2D eigenvalue weighted by molar-refractivity contribution is 7.89. The van der Waals surface area contributed by atoms with E-state index in [0.717, 1.165) is 24.8 Å². The molecule has 1 N–H and O–H groups in total. The molecule has 0 atom stereocenters. The molecular formula is C24H28F2N2O5S.